The number of aromatic nitrogens is 1. The fourth-order valence-corrected chi connectivity index (χ4v) is 5.43. The highest BCUT2D eigenvalue weighted by Crippen LogP contribution is 2.46. The first-order valence-electron chi connectivity index (χ1n) is 9.31. The van der Waals surface area contributed by atoms with Crippen molar-refractivity contribution in [1.29, 1.82) is 0 Å². The Kier molecular flexibility index (Phi) is 5.40. The van der Waals surface area contributed by atoms with Crippen molar-refractivity contribution in [2.75, 3.05) is 26.2 Å². The number of amides is 1. The first kappa shape index (κ1) is 19.4. The van der Waals surface area contributed by atoms with Gasteiger partial charge >= 0.3 is 5.97 Å². The quantitative estimate of drug-likeness (QED) is 0.778. The van der Waals surface area contributed by atoms with Gasteiger partial charge in [0, 0.05) is 62.3 Å². The molecule has 4 heterocycles. The van der Waals surface area contributed by atoms with Crippen molar-refractivity contribution in [2.45, 2.75) is 19.4 Å². The molecule has 0 radical (unpaired) electrons. The molecule has 0 aromatic carbocycles. The second-order valence-corrected chi connectivity index (χ2v) is 8.97. The van der Waals surface area contributed by atoms with E-state index < -0.39 is 5.97 Å². The fraction of sp³-hybridized carbons (Fsp3) is 0.450. The van der Waals surface area contributed by atoms with Crippen LogP contribution in [-0.2, 0) is 11.3 Å². The standard InChI is InChI=1S/C20H22ClN3O3S/c21-17-7-22-5-2-14(17)8-23-9-16-10-24(19(27)15-3-6-28-11-15)13-20(16,12-23)4-1-18(25)26/h2-3,5-7,11,16H,1,4,8-10,12-13H2,(H,25,26). The van der Waals surface area contributed by atoms with Crippen molar-refractivity contribution in [2.24, 2.45) is 11.3 Å². The summed E-state index contributed by atoms with van der Waals surface area (Å²) in [6.45, 7) is 3.61. The van der Waals surface area contributed by atoms with Crippen molar-refractivity contribution in [3.63, 3.8) is 0 Å². The second-order valence-electron chi connectivity index (χ2n) is 7.79. The van der Waals surface area contributed by atoms with Gasteiger partial charge in [-0.2, -0.15) is 11.3 Å². The zero-order chi connectivity index (χ0) is 19.7. The summed E-state index contributed by atoms with van der Waals surface area (Å²) in [6, 6.07) is 3.77. The van der Waals surface area contributed by atoms with E-state index in [2.05, 4.69) is 9.88 Å². The summed E-state index contributed by atoms with van der Waals surface area (Å²) < 4.78 is 0. The maximum absolute atomic E-state index is 12.8. The molecule has 0 saturated carbocycles. The third-order valence-corrected chi connectivity index (χ3v) is 7.00. The van der Waals surface area contributed by atoms with Crippen LogP contribution in [0.3, 0.4) is 0 Å². The number of hydrogen-bond acceptors (Lipinski definition) is 5. The summed E-state index contributed by atoms with van der Waals surface area (Å²) in [5.41, 5.74) is 1.57. The van der Waals surface area contributed by atoms with Crippen LogP contribution in [0.4, 0.5) is 0 Å². The van der Waals surface area contributed by atoms with Gasteiger partial charge in [0.15, 0.2) is 0 Å². The van der Waals surface area contributed by atoms with Gasteiger partial charge in [-0.1, -0.05) is 11.6 Å². The molecule has 6 nitrogen and oxygen atoms in total. The highest BCUT2D eigenvalue weighted by atomic mass is 35.5. The molecule has 2 unspecified atom stereocenters. The van der Waals surface area contributed by atoms with E-state index in [0.717, 1.165) is 24.2 Å². The number of carboxylic acids is 1. The van der Waals surface area contributed by atoms with Crippen LogP contribution in [0.1, 0.15) is 28.8 Å². The molecular formula is C20H22ClN3O3S. The number of fused-ring (bicyclic) bond motifs is 1. The number of likely N-dealkylation sites (tertiary alicyclic amines) is 2. The molecule has 2 fully saturated rings. The molecule has 2 aromatic heterocycles. The summed E-state index contributed by atoms with van der Waals surface area (Å²) in [6.07, 6.45) is 4.09. The number of carbonyl (C=O) groups excluding carboxylic acids is 1. The lowest BCUT2D eigenvalue weighted by atomic mass is 9.77. The first-order chi connectivity index (χ1) is 13.5. The molecule has 2 aromatic rings. The van der Waals surface area contributed by atoms with E-state index in [9.17, 15) is 14.7 Å². The van der Waals surface area contributed by atoms with E-state index in [4.69, 9.17) is 11.6 Å². The van der Waals surface area contributed by atoms with Crippen molar-refractivity contribution in [1.82, 2.24) is 14.8 Å². The van der Waals surface area contributed by atoms with Crippen molar-refractivity contribution >= 4 is 34.8 Å². The van der Waals surface area contributed by atoms with Gasteiger partial charge in [-0.25, -0.2) is 0 Å². The Morgan fingerprint density at radius 1 is 1.32 bits per heavy atom. The third-order valence-electron chi connectivity index (χ3n) is 5.97. The number of halogens is 1. The van der Waals surface area contributed by atoms with E-state index in [1.807, 2.05) is 27.8 Å². The van der Waals surface area contributed by atoms with Crippen molar-refractivity contribution < 1.29 is 14.7 Å². The van der Waals surface area contributed by atoms with Gasteiger partial charge < -0.3 is 10.0 Å². The van der Waals surface area contributed by atoms with Gasteiger partial charge in [0.2, 0.25) is 0 Å². The Labute approximate surface area is 172 Å². The van der Waals surface area contributed by atoms with Crippen LogP contribution in [0.15, 0.2) is 35.3 Å². The van der Waals surface area contributed by atoms with Crippen LogP contribution in [0.2, 0.25) is 5.02 Å². The highest BCUT2D eigenvalue weighted by Gasteiger charge is 2.53. The number of rotatable bonds is 6. The van der Waals surface area contributed by atoms with E-state index in [1.54, 1.807) is 12.4 Å². The molecular weight excluding hydrogens is 398 g/mol. The lowest BCUT2D eigenvalue weighted by Gasteiger charge is -2.29. The normalized spacial score (nSPS) is 24.5. The Hall–Kier alpha value is -1.96. The van der Waals surface area contributed by atoms with Gasteiger partial charge in [0.1, 0.15) is 0 Å². The summed E-state index contributed by atoms with van der Waals surface area (Å²) in [5, 5.41) is 13.7. The average Bonchev–Trinajstić information content (AvgIpc) is 3.36. The summed E-state index contributed by atoms with van der Waals surface area (Å²) >= 11 is 7.78. The Bertz CT molecular complexity index is 875. The fourth-order valence-electron chi connectivity index (χ4n) is 4.62. The van der Waals surface area contributed by atoms with Crippen LogP contribution in [0.25, 0.3) is 0 Å². The molecule has 2 atom stereocenters. The number of nitrogens with zero attached hydrogens (tertiary/aromatic N) is 3. The molecule has 0 bridgehead atoms. The van der Waals surface area contributed by atoms with Crippen molar-refractivity contribution in [3.8, 4) is 0 Å². The maximum atomic E-state index is 12.8. The van der Waals surface area contributed by atoms with Crippen LogP contribution < -0.4 is 0 Å². The zero-order valence-corrected chi connectivity index (χ0v) is 17.0. The van der Waals surface area contributed by atoms with Gasteiger partial charge in [-0.15, -0.1) is 0 Å². The lowest BCUT2D eigenvalue weighted by molar-refractivity contribution is -0.137. The molecule has 8 heteroatoms. The maximum Gasteiger partial charge on any atom is 0.303 e. The lowest BCUT2D eigenvalue weighted by Crippen LogP contribution is -2.37. The molecule has 1 N–H and O–H groups in total. The molecule has 28 heavy (non-hydrogen) atoms. The topological polar surface area (TPSA) is 73.7 Å². The summed E-state index contributed by atoms with van der Waals surface area (Å²) in [4.78, 5) is 32.3. The monoisotopic (exact) mass is 419 g/mol. The van der Waals surface area contributed by atoms with Crippen LogP contribution >= 0.6 is 22.9 Å². The van der Waals surface area contributed by atoms with Gasteiger partial charge in [-0.3, -0.25) is 19.5 Å². The number of carboxylic acid groups (broad SMARTS) is 1. The largest absolute Gasteiger partial charge is 0.481 e. The van der Waals surface area contributed by atoms with E-state index in [1.165, 1.54) is 11.3 Å². The molecule has 2 saturated heterocycles. The smallest absolute Gasteiger partial charge is 0.303 e. The minimum Gasteiger partial charge on any atom is -0.481 e. The van der Waals surface area contributed by atoms with Crippen LogP contribution in [0, 0.1) is 11.3 Å². The molecule has 148 valence electrons. The molecule has 4 rings (SSSR count). The van der Waals surface area contributed by atoms with E-state index >= 15 is 0 Å². The third kappa shape index (κ3) is 3.79. The number of carbonyl (C=O) groups is 2. The first-order valence-corrected chi connectivity index (χ1v) is 10.6. The van der Waals surface area contributed by atoms with Crippen LogP contribution in [0.5, 0.6) is 0 Å². The van der Waals surface area contributed by atoms with Gasteiger partial charge in [0.25, 0.3) is 5.91 Å². The Morgan fingerprint density at radius 3 is 2.89 bits per heavy atom. The molecule has 0 spiro atoms. The minimum atomic E-state index is -0.786. The molecule has 0 aliphatic carbocycles. The van der Waals surface area contributed by atoms with Crippen molar-refractivity contribution in [3.05, 3.63) is 51.4 Å². The van der Waals surface area contributed by atoms with Gasteiger partial charge in [0.05, 0.1) is 10.6 Å². The SMILES string of the molecule is O=C(O)CCC12CN(Cc3ccncc3Cl)CC1CN(C(=O)c1ccsc1)C2. The molecule has 2 aliphatic rings. The minimum absolute atomic E-state index is 0.0501. The van der Waals surface area contributed by atoms with E-state index in [-0.39, 0.29) is 23.7 Å². The highest BCUT2D eigenvalue weighted by molar-refractivity contribution is 7.08. The molecule has 2 aliphatic heterocycles. The Morgan fingerprint density at radius 2 is 2.18 bits per heavy atom. The average molecular weight is 420 g/mol. The number of hydrogen-bond donors (Lipinski definition) is 1. The number of thiophene rings is 1. The predicted octanol–water partition coefficient (Wildman–Crippen LogP) is 3.24. The number of aliphatic carboxylic acids is 1. The van der Waals surface area contributed by atoms with Gasteiger partial charge in [-0.05, 0) is 35.4 Å². The summed E-state index contributed by atoms with van der Waals surface area (Å²) in [7, 11) is 0. The second kappa shape index (κ2) is 7.81. The predicted molar refractivity (Wildman–Crippen MR) is 108 cm³/mol. The summed E-state index contributed by atoms with van der Waals surface area (Å²) in [5.74, 6) is -0.463. The Balaban J connectivity index is 1.50. The molecule has 1 amide bonds. The van der Waals surface area contributed by atoms with Crippen LogP contribution in [-0.4, -0.2) is 57.9 Å². The number of pyridine rings is 1. The zero-order valence-electron chi connectivity index (χ0n) is 15.4. The van der Waals surface area contributed by atoms with E-state index in [0.29, 0.717) is 31.1 Å².